The molecule has 0 radical (unpaired) electrons. The highest BCUT2D eigenvalue weighted by atomic mass is 32.1. The van der Waals surface area contributed by atoms with Crippen LogP contribution in [0.1, 0.15) is 15.7 Å². The Bertz CT molecular complexity index is 524. The van der Waals surface area contributed by atoms with Crippen molar-refractivity contribution >= 4 is 11.3 Å². The Balaban J connectivity index is 1.99. The van der Waals surface area contributed by atoms with Crippen molar-refractivity contribution in [3.8, 4) is 11.5 Å². The molecule has 1 aromatic carbocycles. The number of nitrogens with two attached hydrogens (primary N) is 1. The molecular formula is C15H19NO2S. The van der Waals surface area contributed by atoms with Crippen molar-refractivity contribution < 1.29 is 9.47 Å². The molecule has 0 aliphatic rings. The smallest absolute Gasteiger partial charge is 0.123 e. The molecule has 1 heterocycles. The first kappa shape index (κ1) is 13.9. The van der Waals surface area contributed by atoms with Crippen LogP contribution in [0.25, 0.3) is 0 Å². The van der Waals surface area contributed by atoms with Crippen molar-refractivity contribution in [1.29, 1.82) is 0 Å². The molecule has 1 atom stereocenters. The van der Waals surface area contributed by atoms with Gasteiger partial charge in [0.15, 0.2) is 0 Å². The molecule has 1 unspecified atom stereocenters. The highest BCUT2D eigenvalue weighted by molar-refractivity contribution is 7.12. The second-order valence-corrected chi connectivity index (χ2v) is 5.69. The Morgan fingerprint density at radius 3 is 2.63 bits per heavy atom. The number of hydrogen-bond donors (Lipinski definition) is 1. The number of aryl methyl sites for hydroxylation is 1. The van der Waals surface area contributed by atoms with Crippen molar-refractivity contribution in [1.82, 2.24) is 0 Å². The zero-order chi connectivity index (χ0) is 13.7. The lowest BCUT2D eigenvalue weighted by atomic mass is 10.1. The minimum Gasteiger partial charge on any atom is -0.497 e. The van der Waals surface area contributed by atoms with Crippen molar-refractivity contribution in [3.05, 3.63) is 46.2 Å². The fourth-order valence-corrected chi connectivity index (χ4v) is 2.80. The van der Waals surface area contributed by atoms with Crippen molar-refractivity contribution in [3.63, 3.8) is 0 Å². The maximum atomic E-state index is 5.84. The first-order valence-electron chi connectivity index (χ1n) is 6.26. The number of ether oxygens (including phenoxy) is 2. The fourth-order valence-electron chi connectivity index (χ4n) is 1.83. The van der Waals surface area contributed by atoms with Gasteiger partial charge in [0.25, 0.3) is 0 Å². The number of benzene rings is 1. The van der Waals surface area contributed by atoms with Gasteiger partial charge in [-0.1, -0.05) is 6.07 Å². The van der Waals surface area contributed by atoms with Crippen LogP contribution in [-0.4, -0.2) is 20.3 Å². The van der Waals surface area contributed by atoms with Gasteiger partial charge in [-0.25, -0.2) is 0 Å². The van der Waals surface area contributed by atoms with Crippen LogP contribution >= 0.6 is 11.3 Å². The molecule has 0 aliphatic heterocycles. The van der Waals surface area contributed by atoms with Crippen LogP contribution in [-0.2, 0) is 0 Å². The molecule has 3 nitrogen and oxygen atoms in total. The molecule has 0 spiro atoms. The molecule has 2 aromatic rings. The summed E-state index contributed by atoms with van der Waals surface area (Å²) in [5.74, 6) is 1.85. The Morgan fingerprint density at radius 1 is 1.21 bits per heavy atom. The predicted octanol–water partition coefficient (Wildman–Crippen LogP) is 3.19. The van der Waals surface area contributed by atoms with Crippen LogP contribution in [0.15, 0.2) is 36.4 Å². The zero-order valence-electron chi connectivity index (χ0n) is 11.3. The first-order valence-corrected chi connectivity index (χ1v) is 7.08. The summed E-state index contributed by atoms with van der Waals surface area (Å²) in [4.78, 5) is 2.58. The molecule has 0 fully saturated rings. The highest BCUT2D eigenvalue weighted by Gasteiger charge is 2.12. The van der Waals surface area contributed by atoms with E-state index in [1.165, 1.54) is 9.75 Å². The SMILES string of the molecule is COc1cccc(OCC(CN)c2ccc(C)s2)c1. The van der Waals surface area contributed by atoms with Crippen LogP contribution < -0.4 is 15.2 Å². The summed E-state index contributed by atoms with van der Waals surface area (Å²) in [5, 5.41) is 0. The second kappa shape index (κ2) is 6.59. The third-order valence-corrected chi connectivity index (χ3v) is 4.10. The summed E-state index contributed by atoms with van der Waals surface area (Å²) < 4.78 is 11.0. The van der Waals surface area contributed by atoms with Crippen molar-refractivity contribution in [2.45, 2.75) is 12.8 Å². The normalized spacial score (nSPS) is 12.2. The van der Waals surface area contributed by atoms with Crippen LogP contribution in [0.3, 0.4) is 0 Å². The predicted molar refractivity (Wildman–Crippen MR) is 79.3 cm³/mol. The molecule has 0 aliphatic carbocycles. The fraction of sp³-hybridized carbons (Fsp3) is 0.333. The number of methoxy groups -OCH3 is 1. The zero-order valence-corrected chi connectivity index (χ0v) is 12.1. The second-order valence-electron chi connectivity index (χ2n) is 4.37. The Labute approximate surface area is 118 Å². The first-order chi connectivity index (χ1) is 9.22. The molecule has 2 N–H and O–H groups in total. The molecule has 4 heteroatoms. The summed E-state index contributed by atoms with van der Waals surface area (Å²) in [6.45, 7) is 3.28. The number of thiophene rings is 1. The van der Waals surface area contributed by atoms with E-state index in [0.717, 1.165) is 11.5 Å². The number of hydrogen-bond acceptors (Lipinski definition) is 4. The van der Waals surface area contributed by atoms with E-state index in [9.17, 15) is 0 Å². The maximum absolute atomic E-state index is 5.84. The molecule has 0 saturated carbocycles. The number of rotatable bonds is 6. The Kier molecular flexibility index (Phi) is 4.82. The van der Waals surface area contributed by atoms with Crippen LogP contribution in [0.2, 0.25) is 0 Å². The summed E-state index contributed by atoms with van der Waals surface area (Å²) in [5.41, 5.74) is 5.84. The van der Waals surface area contributed by atoms with Gasteiger partial charge >= 0.3 is 0 Å². The molecule has 2 rings (SSSR count). The van der Waals surface area contributed by atoms with Crippen LogP contribution in [0, 0.1) is 6.92 Å². The lowest BCUT2D eigenvalue weighted by molar-refractivity contribution is 0.290. The van der Waals surface area contributed by atoms with E-state index in [0.29, 0.717) is 13.2 Å². The summed E-state index contributed by atoms with van der Waals surface area (Å²) in [6, 6.07) is 11.9. The minimum atomic E-state index is 0.241. The molecule has 0 saturated heterocycles. The van der Waals surface area contributed by atoms with Gasteiger partial charge in [0.1, 0.15) is 11.5 Å². The van der Waals surface area contributed by atoms with Gasteiger partial charge < -0.3 is 15.2 Å². The third-order valence-electron chi connectivity index (χ3n) is 2.94. The summed E-state index contributed by atoms with van der Waals surface area (Å²) in [7, 11) is 1.65. The largest absolute Gasteiger partial charge is 0.497 e. The van der Waals surface area contributed by atoms with Gasteiger partial charge in [0, 0.05) is 28.3 Å². The molecule has 102 valence electrons. The third kappa shape index (κ3) is 3.72. The van der Waals surface area contributed by atoms with E-state index in [1.807, 2.05) is 24.3 Å². The maximum Gasteiger partial charge on any atom is 0.123 e. The van der Waals surface area contributed by atoms with E-state index >= 15 is 0 Å². The van der Waals surface area contributed by atoms with Gasteiger partial charge in [0.05, 0.1) is 13.7 Å². The quantitative estimate of drug-likeness (QED) is 0.882. The van der Waals surface area contributed by atoms with Crippen LogP contribution in [0.5, 0.6) is 11.5 Å². The average Bonchev–Trinajstić information content (AvgIpc) is 2.86. The molecule has 0 amide bonds. The monoisotopic (exact) mass is 277 g/mol. The van der Waals surface area contributed by atoms with E-state index in [4.69, 9.17) is 15.2 Å². The topological polar surface area (TPSA) is 44.5 Å². The Morgan fingerprint density at radius 2 is 2.00 bits per heavy atom. The van der Waals surface area contributed by atoms with Crippen LogP contribution in [0.4, 0.5) is 0 Å². The summed E-state index contributed by atoms with van der Waals surface area (Å²) >= 11 is 1.78. The average molecular weight is 277 g/mol. The molecule has 19 heavy (non-hydrogen) atoms. The van der Waals surface area contributed by atoms with Crippen molar-refractivity contribution in [2.24, 2.45) is 5.73 Å². The lowest BCUT2D eigenvalue weighted by Crippen LogP contribution is -2.18. The standard InChI is InChI=1S/C15H19NO2S/c1-11-6-7-15(19-11)12(9-16)10-18-14-5-3-4-13(8-14)17-2/h3-8,12H,9-10,16H2,1-2H3. The van der Waals surface area contributed by atoms with E-state index < -0.39 is 0 Å². The summed E-state index contributed by atoms with van der Waals surface area (Å²) in [6.07, 6.45) is 0. The van der Waals surface area contributed by atoms with E-state index in [2.05, 4.69) is 19.1 Å². The molecule has 0 bridgehead atoms. The van der Waals surface area contributed by atoms with E-state index in [1.54, 1.807) is 18.4 Å². The van der Waals surface area contributed by atoms with E-state index in [-0.39, 0.29) is 5.92 Å². The Hall–Kier alpha value is -1.52. The molecular weight excluding hydrogens is 258 g/mol. The van der Waals surface area contributed by atoms with Gasteiger partial charge in [-0.15, -0.1) is 11.3 Å². The minimum absolute atomic E-state index is 0.241. The molecule has 1 aromatic heterocycles. The van der Waals surface area contributed by atoms with Gasteiger partial charge in [-0.3, -0.25) is 0 Å². The van der Waals surface area contributed by atoms with Gasteiger partial charge in [0.2, 0.25) is 0 Å². The van der Waals surface area contributed by atoms with Gasteiger partial charge in [-0.05, 0) is 31.2 Å². The van der Waals surface area contributed by atoms with Crippen molar-refractivity contribution in [2.75, 3.05) is 20.3 Å². The lowest BCUT2D eigenvalue weighted by Gasteiger charge is -2.14. The highest BCUT2D eigenvalue weighted by Crippen LogP contribution is 2.26. The van der Waals surface area contributed by atoms with Gasteiger partial charge in [-0.2, -0.15) is 0 Å².